The molecule has 3 aliphatic rings. The van der Waals surface area contributed by atoms with Crippen LogP contribution >= 0.6 is 11.6 Å². The molecule has 4 rings (SSSR count). The third kappa shape index (κ3) is 5.93. The number of aromatic nitrogens is 1. The zero-order valence-electron chi connectivity index (χ0n) is 20.6. The Kier molecular flexibility index (Phi) is 8.26. The van der Waals surface area contributed by atoms with Gasteiger partial charge in [-0.15, -0.1) is 0 Å². The molecule has 0 aromatic carbocycles. The predicted octanol–water partition coefficient (Wildman–Crippen LogP) is 1.39. The maximum atomic E-state index is 13.4. The minimum atomic E-state index is -4.37. The molecular weight excluding hydrogens is 538 g/mol. The van der Waals surface area contributed by atoms with Crippen LogP contribution < -0.4 is 15.8 Å². The van der Waals surface area contributed by atoms with Crippen LogP contribution in [0.25, 0.3) is 0 Å². The molecule has 0 spiro atoms. The van der Waals surface area contributed by atoms with Crippen LogP contribution in [0.5, 0.6) is 0 Å². The van der Waals surface area contributed by atoms with Crippen LogP contribution in [0.2, 0.25) is 5.02 Å². The Bertz CT molecular complexity index is 1260. The highest BCUT2D eigenvalue weighted by molar-refractivity contribution is 7.90. The van der Waals surface area contributed by atoms with Crippen molar-refractivity contribution in [3.05, 3.63) is 35.6 Å². The number of hydrogen-bond donors (Lipinski definition) is 3. The van der Waals surface area contributed by atoms with Gasteiger partial charge in [0.25, 0.3) is 21.8 Å². The van der Waals surface area contributed by atoms with E-state index in [1.54, 1.807) is 6.08 Å². The molecular formula is C24H30ClN5O7S. The average Bonchev–Trinajstić information content (AvgIpc) is 3.31. The van der Waals surface area contributed by atoms with Crippen molar-refractivity contribution in [3.8, 4) is 0 Å². The summed E-state index contributed by atoms with van der Waals surface area (Å²) in [5.74, 6) is -2.45. The van der Waals surface area contributed by atoms with Crippen LogP contribution in [-0.4, -0.2) is 66.3 Å². The fourth-order valence-electron chi connectivity index (χ4n) is 5.00. The number of nitrogens with two attached hydrogens (primary N) is 1. The van der Waals surface area contributed by atoms with Gasteiger partial charge in [0.05, 0.1) is 5.02 Å². The number of carbonyl (C=O) groups excluding carboxylic acids is 4. The number of nitrogens with one attached hydrogen (secondary N) is 2. The zero-order chi connectivity index (χ0) is 27.5. The van der Waals surface area contributed by atoms with Crippen molar-refractivity contribution < 1.29 is 32.3 Å². The maximum absolute atomic E-state index is 13.4. The van der Waals surface area contributed by atoms with Crippen LogP contribution in [-0.2, 0) is 29.1 Å². The molecule has 38 heavy (non-hydrogen) atoms. The van der Waals surface area contributed by atoms with Gasteiger partial charge in [-0.25, -0.2) is 17.9 Å². The Morgan fingerprint density at radius 1 is 1.21 bits per heavy atom. The number of nitrogens with zero attached hydrogens (tertiary/aromatic N) is 2. The van der Waals surface area contributed by atoms with Gasteiger partial charge in [0.15, 0.2) is 6.10 Å². The fraction of sp³-hybridized carbons (Fsp3) is 0.542. The van der Waals surface area contributed by atoms with Gasteiger partial charge < -0.3 is 20.7 Å². The number of carbonyl (C=O) groups is 4. The van der Waals surface area contributed by atoms with Crippen molar-refractivity contribution in [2.24, 2.45) is 11.7 Å². The standard InChI is InChI=1S/C24H30ClN5O7S/c25-16-10-11-27-14-19(16)38(35,36)29-22(33)24-13-15(24)7-4-2-1-3-5-9-18(37-23(26)34)21(32)30-12-6-8-17(30)20(31)28-24/h4,7,10-11,14-15,17-18H,1-3,5-6,8-9,12-13H2,(H2,26,34)(H,28,31)(H,29,33)/b7-4-. The molecule has 2 fully saturated rings. The Labute approximate surface area is 225 Å². The van der Waals surface area contributed by atoms with E-state index in [0.717, 1.165) is 19.0 Å². The van der Waals surface area contributed by atoms with Gasteiger partial charge in [0, 0.05) is 24.9 Å². The summed E-state index contributed by atoms with van der Waals surface area (Å²) in [6.07, 6.45) is 8.03. The number of rotatable bonds is 4. The predicted molar refractivity (Wildman–Crippen MR) is 135 cm³/mol. The van der Waals surface area contributed by atoms with Crippen LogP contribution in [0.4, 0.5) is 4.79 Å². The number of primary amides is 1. The second-order valence-corrected chi connectivity index (χ2v) is 11.8. The Morgan fingerprint density at radius 3 is 2.74 bits per heavy atom. The highest BCUT2D eigenvalue weighted by atomic mass is 35.5. The third-order valence-electron chi connectivity index (χ3n) is 7.09. The first-order valence-electron chi connectivity index (χ1n) is 12.5. The van der Waals surface area contributed by atoms with E-state index >= 15 is 0 Å². The number of fused-ring (bicyclic) bond motifs is 2. The van der Waals surface area contributed by atoms with Gasteiger partial charge in [0.2, 0.25) is 5.91 Å². The number of hydrogen-bond acceptors (Lipinski definition) is 8. The molecule has 1 aromatic heterocycles. The lowest BCUT2D eigenvalue weighted by Crippen LogP contribution is -2.57. The van der Waals surface area contributed by atoms with E-state index in [2.05, 4.69) is 10.3 Å². The number of amides is 4. The summed E-state index contributed by atoms with van der Waals surface area (Å²) < 4.78 is 32.9. The lowest BCUT2D eigenvalue weighted by Gasteiger charge is -2.29. The zero-order valence-corrected chi connectivity index (χ0v) is 22.2. The van der Waals surface area contributed by atoms with Gasteiger partial charge >= 0.3 is 6.09 Å². The summed E-state index contributed by atoms with van der Waals surface area (Å²) in [6.45, 7) is 0.270. The molecule has 1 aromatic rings. The molecule has 1 aliphatic carbocycles. The van der Waals surface area contributed by atoms with E-state index in [0.29, 0.717) is 25.7 Å². The van der Waals surface area contributed by atoms with Gasteiger partial charge in [0.1, 0.15) is 16.5 Å². The summed E-state index contributed by atoms with van der Waals surface area (Å²) >= 11 is 6.00. The van der Waals surface area contributed by atoms with E-state index in [1.807, 2.05) is 10.8 Å². The molecule has 206 valence electrons. The van der Waals surface area contributed by atoms with E-state index in [1.165, 1.54) is 17.2 Å². The van der Waals surface area contributed by atoms with Crippen molar-refractivity contribution in [3.63, 3.8) is 0 Å². The van der Waals surface area contributed by atoms with Crippen molar-refractivity contribution in [2.75, 3.05) is 6.54 Å². The molecule has 0 bridgehead atoms. The molecule has 12 nitrogen and oxygen atoms in total. The van der Waals surface area contributed by atoms with Gasteiger partial charge in [-0.3, -0.25) is 19.4 Å². The minimum absolute atomic E-state index is 0.107. The quantitative estimate of drug-likeness (QED) is 0.457. The van der Waals surface area contributed by atoms with E-state index < -0.39 is 57.4 Å². The highest BCUT2D eigenvalue weighted by Gasteiger charge is 2.61. The van der Waals surface area contributed by atoms with Crippen molar-refractivity contribution >= 4 is 45.4 Å². The maximum Gasteiger partial charge on any atom is 0.405 e. The monoisotopic (exact) mass is 567 g/mol. The lowest BCUT2D eigenvalue weighted by atomic mass is 10.1. The lowest BCUT2D eigenvalue weighted by molar-refractivity contribution is -0.146. The molecule has 14 heteroatoms. The van der Waals surface area contributed by atoms with Crippen LogP contribution in [0, 0.1) is 5.92 Å². The van der Waals surface area contributed by atoms with E-state index in [9.17, 15) is 27.6 Å². The summed E-state index contributed by atoms with van der Waals surface area (Å²) in [5.41, 5.74) is 3.66. The second kappa shape index (κ2) is 11.3. The summed E-state index contributed by atoms with van der Waals surface area (Å²) in [7, 11) is -4.37. The molecule has 1 saturated carbocycles. The average molecular weight is 568 g/mol. The first-order valence-corrected chi connectivity index (χ1v) is 14.3. The Hall–Kier alpha value is -3.19. The molecule has 4 atom stereocenters. The summed E-state index contributed by atoms with van der Waals surface area (Å²) in [6, 6.07) is 0.375. The number of allylic oxidation sites excluding steroid dienone is 1. The molecule has 2 aliphatic heterocycles. The van der Waals surface area contributed by atoms with Crippen LogP contribution in [0.1, 0.15) is 51.4 Å². The first kappa shape index (κ1) is 27.8. The summed E-state index contributed by atoms with van der Waals surface area (Å²) in [4.78, 5) is 56.2. The number of halogens is 1. The van der Waals surface area contributed by atoms with E-state index in [4.69, 9.17) is 22.1 Å². The molecule has 0 radical (unpaired) electrons. The topological polar surface area (TPSA) is 178 Å². The minimum Gasteiger partial charge on any atom is -0.436 e. The van der Waals surface area contributed by atoms with Gasteiger partial charge in [-0.2, -0.15) is 0 Å². The largest absolute Gasteiger partial charge is 0.436 e. The van der Waals surface area contributed by atoms with Crippen molar-refractivity contribution in [1.29, 1.82) is 0 Å². The van der Waals surface area contributed by atoms with Crippen LogP contribution in [0.3, 0.4) is 0 Å². The van der Waals surface area contributed by atoms with E-state index in [-0.39, 0.29) is 29.3 Å². The Morgan fingerprint density at radius 2 is 2.00 bits per heavy atom. The normalized spacial score (nSPS) is 29.1. The highest BCUT2D eigenvalue weighted by Crippen LogP contribution is 2.46. The number of pyridine rings is 1. The third-order valence-corrected chi connectivity index (χ3v) is 8.89. The van der Waals surface area contributed by atoms with Crippen molar-refractivity contribution in [2.45, 2.75) is 73.9 Å². The van der Waals surface area contributed by atoms with Gasteiger partial charge in [-0.05, 0) is 51.0 Å². The number of ether oxygens (including phenoxy) is 1. The Balaban J connectivity index is 1.60. The van der Waals surface area contributed by atoms with Crippen LogP contribution in [0.15, 0.2) is 35.5 Å². The molecule has 4 unspecified atom stereocenters. The SMILES string of the molecule is NC(=O)OC1CCCCC/C=C\C2CC2(C(=O)NS(=O)(=O)c2cnccc2Cl)NC(=O)C2CCCN2C1=O. The molecule has 4 amide bonds. The summed E-state index contributed by atoms with van der Waals surface area (Å²) in [5, 5.41) is 2.62. The number of sulfonamides is 1. The molecule has 1 saturated heterocycles. The van der Waals surface area contributed by atoms with Crippen molar-refractivity contribution in [1.82, 2.24) is 19.9 Å². The first-order chi connectivity index (χ1) is 18.0. The smallest absolute Gasteiger partial charge is 0.405 e. The fourth-order valence-corrected chi connectivity index (χ4v) is 6.47. The molecule has 3 heterocycles. The van der Waals surface area contributed by atoms with Gasteiger partial charge in [-0.1, -0.05) is 30.2 Å². The second-order valence-electron chi connectivity index (χ2n) is 9.69. The molecule has 4 N–H and O–H groups in total.